The lowest BCUT2D eigenvalue weighted by Crippen LogP contribution is -2.53. The van der Waals surface area contributed by atoms with Crippen LogP contribution in [0.2, 0.25) is 0 Å². The fraction of sp³-hybridized carbons (Fsp3) is 0.632. The molecule has 2 amide bonds. The number of rotatable bonds is 4. The molecule has 0 aliphatic carbocycles. The number of aliphatic hydroxyl groups is 1. The predicted molar refractivity (Wildman–Crippen MR) is 96.6 cm³/mol. The first-order valence-corrected chi connectivity index (χ1v) is 9.25. The third-order valence-corrected chi connectivity index (χ3v) is 5.57. The van der Waals surface area contributed by atoms with Gasteiger partial charge < -0.3 is 24.1 Å². The molecule has 3 heterocycles. The number of β-amino-alcohol motifs (C(OH)–C–C–N with tert-alkyl or cyclic N) is 1. The third-order valence-electron chi connectivity index (χ3n) is 5.57. The Morgan fingerprint density at radius 1 is 1.33 bits per heavy atom. The number of piperidine rings is 2. The van der Waals surface area contributed by atoms with Gasteiger partial charge in [0.15, 0.2) is 5.76 Å². The Kier molecular flexibility index (Phi) is 5.55. The highest BCUT2D eigenvalue weighted by molar-refractivity contribution is 5.91. The van der Waals surface area contributed by atoms with Crippen molar-refractivity contribution < 1.29 is 23.8 Å². The normalized spacial score (nSPS) is 20.6. The highest BCUT2D eigenvalue weighted by Crippen LogP contribution is 2.40. The zero-order valence-corrected chi connectivity index (χ0v) is 15.8. The van der Waals surface area contributed by atoms with Gasteiger partial charge in [0.05, 0.1) is 13.2 Å². The van der Waals surface area contributed by atoms with Gasteiger partial charge in [-0.15, -0.1) is 0 Å². The van der Waals surface area contributed by atoms with E-state index in [-0.39, 0.29) is 34.2 Å². The van der Waals surface area contributed by atoms with Gasteiger partial charge in [-0.2, -0.15) is 0 Å². The molecule has 0 radical (unpaired) electrons. The van der Waals surface area contributed by atoms with E-state index in [0.717, 1.165) is 31.6 Å². The molecule has 8 nitrogen and oxygen atoms in total. The van der Waals surface area contributed by atoms with Gasteiger partial charge in [0, 0.05) is 38.7 Å². The highest BCUT2D eigenvalue weighted by Gasteiger charge is 2.42. The van der Waals surface area contributed by atoms with Crippen LogP contribution >= 0.6 is 0 Å². The number of likely N-dealkylation sites (tertiary alicyclic amines) is 2. The summed E-state index contributed by atoms with van der Waals surface area (Å²) in [4.78, 5) is 40.0. The lowest BCUT2D eigenvalue weighted by Gasteiger charge is -2.47. The zero-order valence-electron chi connectivity index (χ0n) is 15.8. The van der Waals surface area contributed by atoms with Gasteiger partial charge in [-0.3, -0.25) is 14.4 Å². The molecule has 1 spiro atoms. The lowest BCUT2D eigenvalue weighted by atomic mass is 9.72. The molecule has 2 aliphatic heterocycles. The Morgan fingerprint density at radius 2 is 2.04 bits per heavy atom. The quantitative estimate of drug-likeness (QED) is 0.835. The van der Waals surface area contributed by atoms with Crippen molar-refractivity contribution >= 4 is 11.8 Å². The number of methoxy groups -OCH3 is 1. The van der Waals surface area contributed by atoms with Crippen LogP contribution in [0.15, 0.2) is 21.5 Å². The summed E-state index contributed by atoms with van der Waals surface area (Å²) in [6.45, 7) is 3.74. The van der Waals surface area contributed by atoms with Gasteiger partial charge in [-0.05, 0) is 31.6 Å². The summed E-state index contributed by atoms with van der Waals surface area (Å²) in [7, 11) is 1.37. The predicted octanol–water partition coefficient (Wildman–Crippen LogP) is 0.874. The first-order chi connectivity index (χ1) is 12.8. The highest BCUT2D eigenvalue weighted by atomic mass is 16.5. The number of ether oxygens (including phenoxy) is 1. The molecule has 2 aliphatic rings. The summed E-state index contributed by atoms with van der Waals surface area (Å²) in [5.41, 5.74) is -0.402. The van der Waals surface area contributed by atoms with Gasteiger partial charge in [-0.1, -0.05) is 0 Å². The molecule has 0 bridgehead atoms. The Hall–Kier alpha value is -2.35. The third kappa shape index (κ3) is 4.16. The summed E-state index contributed by atoms with van der Waals surface area (Å²) in [5, 5.41) is 9.62. The molecule has 2 fully saturated rings. The van der Waals surface area contributed by atoms with E-state index < -0.39 is 6.10 Å². The second-order valence-electron chi connectivity index (χ2n) is 7.59. The number of carbonyl (C=O) groups excluding carboxylic acids is 2. The molecule has 0 saturated carbocycles. The molecule has 3 rings (SSSR count). The summed E-state index contributed by atoms with van der Waals surface area (Å²) in [6, 6.07) is 1.16. The fourth-order valence-corrected chi connectivity index (χ4v) is 4.00. The SMILES string of the molecule is COc1coc(C(=O)N2CCC3(CCC(=O)N(CC(C)O)C3)CC2)cc1=O. The van der Waals surface area contributed by atoms with Crippen LogP contribution in [-0.4, -0.2) is 66.1 Å². The fourth-order valence-electron chi connectivity index (χ4n) is 4.00. The van der Waals surface area contributed by atoms with Crippen LogP contribution in [0.3, 0.4) is 0 Å². The summed E-state index contributed by atoms with van der Waals surface area (Å²) in [6.07, 6.45) is 3.45. The standard InChI is InChI=1S/C19H26N2O6/c1-13(22)10-21-12-19(4-3-17(21)24)5-7-20(8-6-19)18(25)15-9-14(23)16(26-2)11-27-15/h9,11,13,22H,3-8,10,12H2,1-2H3. The van der Waals surface area contributed by atoms with Crippen molar-refractivity contribution in [3.05, 3.63) is 28.3 Å². The molecule has 2 saturated heterocycles. The van der Waals surface area contributed by atoms with Gasteiger partial charge in [0.25, 0.3) is 5.91 Å². The number of amides is 2. The van der Waals surface area contributed by atoms with Crippen molar-refractivity contribution in [1.82, 2.24) is 9.80 Å². The number of hydrogen-bond donors (Lipinski definition) is 1. The second-order valence-corrected chi connectivity index (χ2v) is 7.59. The van der Waals surface area contributed by atoms with Crippen molar-refractivity contribution in [1.29, 1.82) is 0 Å². The summed E-state index contributed by atoms with van der Waals surface area (Å²) < 4.78 is 10.1. The van der Waals surface area contributed by atoms with Crippen LogP contribution in [0.4, 0.5) is 0 Å². The minimum atomic E-state index is -0.552. The summed E-state index contributed by atoms with van der Waals surface area (Å²) >= 11 is 0. The van der Waals surface area contributed by atoms with Crippen LogP contribution < -0.4 is 10.2 Å². The lowest BCUT2D eigenvalue weighted by molar-refractivity contribution is -0.140. The van der Waals surface area contributed by atoms with E-state index >= 15 is 0 Å². The van der Waals surface area contributed by atoms with E-state index in [9.17, 15) is 19.5 Å². The van der Waals surface area contributed by atoms with Gasteiger partial charge >= 0.3 is 0 Å². The molecular weight excluding hydrogens is 352 g/mol. The topological polar surface area (TPSA) is 100 Å². The largest absolute Gasteiger partial charge is 0.490 e. The van der Waals surface area contributed by atoms with E-state index in [1.54, 1.807) is 16.7 Å². The van der Waals surface area contributed by atoms with Gasteiger partial charge in [-0.25, -0.2) is 0 Å². The molecule has 148 valence electrons. The second kappa shape index (κ2) is 7.72. The molecule has 0 aromatic carbocycles. The zero-order chi connectivity index (χ0) is 19.6. The smallest absolute Gasteiger partial charge is 0.289 e. The average molecular weight is 378 g/mol. The number of aliphatic hydroxyl groups excluding tert-OH is 1. The molecule has 1 aromatic heterocycles. The Morgan fingerprint density at radius 3 is 2.63 bits per heavy atom. The van der Waals surface area contributed by atoms with Crippen molar-refractivity contribution in [2.75, 3.05) is 33.3 Å². The monoisotopic (exact) mass is 378 g/mol. The molecule has 27 heavy (non-hydrogen) atoms. The molecule has 1 unspecified atom stereocenters. The maximum Gasteiger partial charge on any atom is 0.289 e. The van der Waals surface area contributed by atoms with E-state index in [1.165, 1.54) is 7.11 Å². The van der Waals surface area contributed by atoms with Gasteiger partial charge in [0.2, 0.25) is 17.1 Å². The van der Waals surface area contributed by atoms with E-state index in [4.69, 9.17) is 9.15 Å². The number of nitrogens with zero attached hydrogens (tertiary/aromatic N) is 2. The van der Waals surface area contributed by atoms with Crippen LogP contribution in [0, 0.1) is 5.41 Å². The molecule has 1 N–H and O–H groups in total. The molecule has 1 atom stereocenters. The Labute approximate surface area is 157 Å². The Balaban J connectivity index is 1.64. The van der Waals surface area contributed by atoms with Crippen molar-refractivity contribution in [2.45, 2.75) is 38.7 Å². The maximum absolute atomic E-state index is 12.6. The van der Waals surface area contributed by atoms with Crippen LogP contribution in [0.1, 0.15) is 43.2 Å². The van der Waals surface area contributed by atoms with Crippen LogP contribution in [0.25, 0.3) is 0 Å². The van der Waals surface area contributed by atoms with Crippen LogP contribution in [-0.2, 0) is 4.79 Å². The average Bonchev–Trinajstić information content (AvgIpc) is 2.64. The van der Waals surface area contributed by atoms with E-state index in [2.05, 4.69) is 0 Å². The molecule has 1 aromatic rings. The van der Waals surface area contributed by atoms with E-state index in [0.29, 0.717) is 32.6 Å². The summed E-state index contributed by atoms with van der Waals surface area (Å²) in [5.74, 6) is -0.155. The van der Waals surface area contributed by atoms with Crippen molar-refractivity contribution in [3.63, 3.8) is 0 Å². The minimum absolute atomic E-state index is 0.00584. The first kappa shape index (κ1) is 19.4. The number of carbonyl (C=O) groups is 2. The van der Waals surface area contributed by atoms with Crippen LogP contribution in [0.5, 0.6) is 5.75 Å². The van der Waals surface area contributed by atoms with Crippen molar-refractivity contribution in [2.24, 2.45) is 5.41 Å². The number of hydrogen-bond acceptors (Lipinski definition) is 6. The molecular formula is C19H26N2O6. The minimum Gasteiger partial charge on any atom is -0.490 e. The maximum atomic E-state index is 12.6. The van der Waals surface area contributed by atoms with Gasteiger partial charge in [0.1, 0.15) is 6.26 Å². The van der Waals surface area contributed by atoms with Crippen molar-refractivity contribution in [3.8, 4) is 5.75 Å². The first-order valence-electron chi connectivity index (χ1n) is 9.25. The Bertz CT molecular complexity index is 764. The van der Waals surface area contributed by atoms with E-state index in [1.807, 2.05) is 0 Å². The molecule has 8 heteroatoms.